The van der Waals surface area contributed by atoms with Crippen molar-refractivity contribution < 1.29 is 14.3 Å². The van der Waals surface area contributed by atoms with Crippen molar-refractivity contribution in [1.82, 2.24) is 24.6 Å². The Kier molecular flexibility index (Phi) is 5.81. The smallest absolute Gasteiger partial charge is 0.325 e. The van der Waals surface area contributed by atoms with Crippen LogP contribution < -0.4 is 0 Å². The normalized spacial score (nSPS) is 16.3. The number of esters is 1. The van der Waals surface area contributed by atoms with E-state index in [0.29, 0.717) is 22.5 Å². The number of ether oxygens (including phenoxy) is 1. The second-order valence-electron chi connectivity index (χ2n) is 9.60. The van der Waals surface area contributed by atoms with Crippen LogP contribution in [0, 0.1) is 16.7 Å². The number of amides is 1. The molecule has 35 heavy (non-hydrogen) atoms. The average molecular weight is 471 g/mol. The Morgan fingerprint density at radius 1 is 1.20 bits per heavy atom. The van der Waals surface area contributed by atoms with Crippen LogP contribution in [0.2, 0.25) is 0 Å². The largest absolute Gasteiger partial charge is 0.468 e. The van der Waals surface area contributed by atoms with Gasteiger partial charge in [0.2, 0.25) is 0 Å². The molecular weight excluding hydrogens is 444 g/mol. The first-order valence-electron chi connectivity index (χ1n) is 11.7. The zero-order valence-corrected chi connectivity index (χ0v) is 19.8. The topological polar surface area (TPSA) is 114 Å². The molecule has 0 spiro atoms. The molecule has 5 rings (SSSR count). The number of methoxy groups -OCH3 is 1. The van der Waals surface area contributed by atoms with Crippen LogP contribution in [0.3, 0.4) is 0 Å². The summed E-state index contributed by atoms with van der Waals surface area (Å²) in [4.78, 5) is 35.0. The SMILES string of the molecule is COC(=O)CN1Cc2ncc(-c3nc(C#N)ccc3-c3cnn(CC4(C)CCCC4)c3)cc2C1=O. The van der Waals surface area contributed by atoms with Crippen LogP contribution in [0.15, 0.2) is 36.8 Å². The van der Waals surface area contributed by atoms with E-state index >= 15 is 0 Å². The van der Waals surface area contributed by atoms with Gasteiger partial charge < -0.3 is 9.64 Å². The Morgan fingerprint density at radius 3 is 2.74 bits per heavy atom. The number of fused-ring (bicyclic) bond motifs is 1. The van der Waals surface area contributed by atoms with Crippen molar-refractivity contribution in [2.75, 3.05) is 13.7 Å². The fourth-order valence-corrected chi connectivity index (χ4v) is 5.05. The van der Waals surface area contributed by atoms with Crippen molar-refractivity contribution in [3.63, 3.8) is 0 Å². The van der Waals surface area contributed by atoms with Crippen molar-refractivity contribution in [2.24, 2.45) is 5.41 Å². The summed E-state index contributed by atoms with van der Waals surface area (Å²) in [7, 11) is 1.29. The van der Waals surface area contributed by atoms with Gasteiger partial charge in [-0.05, 0) is 36.5 Å². The van der Waals surface area contributed by atoms with E-state index in [1.807, 2.05) is 23.1 Å². The van der Waals surface area contributed by atoms with Crippen molar-refractivity contribution in [2.45, 2.75) is 45.7 Å². The summed E-state index contributed by atoms with van der Waals surface area (Å²) < 4.78 is 6.67. The lowest BCUT2D eigenvalue weighted by atomic mass is 9.89. The van der Waals surface area contributed by atoms with Crippen LogP contribution in [-0.4, -0.2) is 50.2 Å². The van der Waals surface area contributed by atoms with Gasteiger partial charge in [-0.2, -0.15) is 10.4 Å². The van der Waals surface area contributed by atoms with Gasteiger partial charge in [0, 0.05) is 35.6 Å². The summed E-state index contributed by atoms with van der Waals surface area (Å²) in [5.74, 6) is -0.768. The molecule has 9 heteroatoms. The highest BCUT2D eigenvalue weighted by Crippen LogP contribution is 2.39. The summed E-state index contributed by atoms with van der Waals surface area (Å²) in [6, 6.07) is 7.36. The van der Waals surface area contributed by atoms with Crippen molar-refractivity contribution >= 4 is 11.9 Å². The number of carbonyl (C=O) groups excluding carboxylic acids is 2. The predicted molar refractivity (Wildman–Crippen MR) is 127 cm³/mol. The molecule has 0 atom stereocenters. The molecule has 1 amide bonds. The van der Waals surface area contributed by atoms with Gasteiger partial charge in [0.15, 0.2) is 0 Å². The van der Waals surface area contributed by atoms with Crippen LogP contribution in [-0.2, 0) is 22.6 Å². The summed E-state index contributed by atoms with van der Waals surface area (Å²) in [6.45, 7) is 3.28. The summed E-state index contributed by atoms with van der Waals surface area (Å²) in [6.07, 6.45) is 10.4. The Bertz CT molecular complexity index is 1350. The summed E-state index contributed by atoms with van der Waals surface area (Å²) >= 11 is 0. The number of rotatable bonds is 6. The van der Waals surface area contributed by atoms with E-state index in [-0.39, 0.29) is 30.1 Å². The average Bonchev–Trinajstić information content (AvgIpc) is 3.58. The predicted octanol–water partition coefficient (Wildman–Crippen LogP) is 3.59. The van der Waals surface area contributed by atoms with Gasteiger partial charge in [-0.15, -0.1) is 0 Å². The number of hydrogen-bond acceptors (Lipinski definition) is 7. The quantitative estimate of drug-likeness (QED) is 0.506. The molecule has 1 fully saturated rings. The number of hydrogen-bond donors (Lipinski definition) is 0. The molecule has 3 aromatic heterocycles. The second kappa shape index (κ2) is 8.95. The van der Waals surface area contributed by atoms with Crippen molar-refractivity contribution in [1.29, 1.82) is 5.26 Å². The molecule has 0 bridgehead atoms. The molecule has 0 N–H and O–H groups in total. The Hall–Kier alpha value is -4.06. The minimum absolute atomic E-state index is 0.132. The zero-order valence-electron chi connectivity index (χ0n) is 19.8. The van der Waals surface area contributed by atoms with Crippen LogP contribution in [0.25, 0.3) is 22.4 Å². The highest BCUT2D eigenvalue weighted by molar-refractivity contribution is 6.00. The van der Waals surface area contributed by atoms with E-state index in [9.17, 15) is 14.9 Å². The number of aromatic nitrogens is 4. The van der Waals surface area contributed by atoms with Crippen molar-refractivity contribution in [3.8, 4) is 28.5 Å². The summed E-state index contributed by atoms with van der Waals surface area (Å²) in [5.41, 5.74) is 4.43. The Labute approximate surface area is 203 Å². The van der Waals surface area contributed by atoms with Crippen LogP contribution in [0.4, 0.5) is 0 Å². The summed E-state index contributed by atoms with van der Waals surface area (Å²) in [5, 5.41) is 14.0. The molecule has 9 nitrogen and oxygen atoms in total. The molecule has 4 heterocycles. The molecule has 1 saturated carbocycles. The van der Waals surface area contributed by atoms with E-state index in [1.165, 1.54) is 37.7 Å². The van der Waals surface area contributed by atoms with Gasteiger partial charge in [0.1, 0.15) is 18.3 Å². The number of nitriles is 1. The maximum atomic E-state index is 12.9. The van der Waals surface area contributed by atoms with Crippen molar-refractivity contribution in [3.05, 3.63) is 53.7 Å². The second-order valence-corrected chi connectivity index (χ2v) is 9.60. The minimum atomic E-state index is -0.486. The van der Waals surface area contributed by atoms with Crippen LogP contribution in [0.1, 0.15) is 54.4 Å². The van der Waals surface area contributed by atoms with Gasteiger partial charge >= 0.3 is 5.97 Å². The van der Waals surface area contributed by atoms with Crippen LogP contribution >= 0.6 is 0 Å². The molecule has 0 radical (unpaired) electrons. The zero-order chi connectivity index (χ0) is 24.6. The highest BCUT2D eigenvalue weighted by Gasteiger charge is 2.31. The van der Waals surface area contributed by atoms with Gasteiger partial charge in [-0.25, -0.2) is 4.98 Å². The molecule has 0 aromatic carbocycles. The fourth-order valence-electron chi connectivity index (χ4n) is 5.05. The number of pyridine rings is 2. The number of carbonyl (C=O) groups is 2. The Balaban J connectivity index is 1.49. The van der Waals surface area contributed by atoms with E-state index in [0.717, 1.165) is 17.7 Å². The highest BCUT2D eigenvalue weighted by atomic mass is 16.5. The molecular formula is C26H26N6O3. The molecule has 0 unspecified atom stereocenters. The fraction of sp³-hybridized carbons (Fsp3) is 0.385. The molecule has 0 saturated heterocycles. The maximum absolute atomic E-state index is 12.9. The standard InChI is InChI=1S/C26H26N6O3/c1-26(7-3-4-8-26)16-32-13-18(12-29-32)20-6-5-19(10-27)30-24(20)17-9-21-22(28-11-17)14-31(25(21)34)15-23(33)35-2/h5-6,9,11-13H,3-4,7-8,14-16H2,1-2H3. The first-order chi connectivity index (χ1) is 16.9. The first-order valence-corrected chi connectivity index (χ1v) is 11.7. The van der Waals surface area contributed by atoms with Gasteiger partial charge in [-0.1, -0.05) is 19.8 Å². The number of nitrogens with zero attached hydrogens (tertiary/aromatic N) is 6. The third kappa shape index (κ3) is 4.39. The van der Waals surface area contributed by atoms with E-state index in [4.69, 9.17) is 4.74 Å². The van der Waals surface area contributed by atoms with E-state index in [2.05, 4.69) is 28.1 Å². The lowest BCUT2D eigenvalue weighted by Crippen LogP contribution is -2.30. The molecule has 1 aliphatic heterocycles. The molecule has 2 aliphatic rings. The van der Waals surface area contributed by atoms with Gasteiger partial charge in [0.25, 0.3) is 5.91 Å². The van der Waals surface area contributed by atoms with E-state index < -0.39 is 5.97 Å². The molecule has 1 aliphatic carbocycles. The van der Waals surface area contributed by atoms with Gasteiger partial charge in [0.05, 0.1) is 36.8 Å². The first kappa shape index (κ1) is 22.7. The lowest BCUT2D eigenvalue weighted by Gasteiger charge is -2.22. The van der Waals surface area contributed by atoms with E-state index in [1.54, 1.807) is 18.3 Å². The Morgan fingerprint density at radius 2 is 2.00 bits per heavy atom. The molecule has 178 valence electrons. The lowest BCUT2D eigenvalue weighted by molar-refractivity contribution is -0.141. The maximum Gasteiger partial charge on any atom is 0.325 e. The van der Waals surface area contributed by atoms with Gasteiger partial charge in [-0.3, -0.25) is 19.3 Å². The van der Waals surface area contributed by atoms with Crippen LogP contribution in [0.5, 0.6) is 0 Å². The third-order valence-electron chi connectivity index (χ3n) is 6.96. The minimum Gasteiger partial charge on any atom is -0.468 e. The molecule has 3 aromatic rings. The third-order valence-corrected chi connectivity index (χ3v) is 6.96. The monoisotopic (exact) mass is 470 g/mol.